The van der Waals surface area contributed by atoms with E-state index in [9.17, 15) is 9.59 Å². The molecule has 6 heteroatoms. The van der Waals surface area contributed by atoms with Crippen LogP contribution in [0.15, 0.2) is 22.7 Å². The van der Waals surface area contributed by atoms with Crippen molar-refractivity contribution >= 4 is 33.5 Å². The fourth-order valence-electron chi connectivity index (χ4n) is 1.97. The van der Waals surface area contributed by atoms with Crippen LogP contribution >= 0.6 is 15.9 Å². The van der Waals surface area contributed by atoms with Crippen LogP contribution in [-0.2, 0) is 9.59 Å². The summed E-state index contributed by atoms with van der Waals surface area (Å²) >= 11 is 3.36. The van der Waals surface area contributed by atoms with Gasteiger partial charge in [-0.05, 0) is 34.5 Å². The molecule has 1 aromatic rings. The van der Waals surface area contributed by atoms with Crippen molar-refractivity contribution in [2.45, 2.75) is 6.42 Å². The van der Waals surface area contributed by atoms with Crippen molar-refractivity contribution in [3.8, 4) is 5.75 Å². The van der Waals surface area contributed by atoms with Gasteiger partial charge in [0.15, 0.2) is 0 Å². The number of methoxy groups -OCH3 is 1. The number of amides is 1. The second-order valence-corrected chi connectivity index (χ2v) is 4.84. The number of carboxylic acid groups (broad SMARTS) is 1. The Morgan fingerprint density at radius 3 is 2.83 bits per heavy atom. The highest BCUT2D eigenvalue weighted by Crippen LogP contribution is 2.34. The number of ether oxygens (including phenoxy) is 1. The number of halogens is 1. The topological polar surface area (TPSA) is 66.8 Å². The van der Waals surface area contributed by atoms with Crippen LogP contribution < -0.4 is 9.64 Å². The van der Waals surface area contributed by atoms with E-state index < -0.39 is 11.9 Å². The van der Waals surface area contributed by atoms with Gasteiger partial charge in [-0.2, -0.15) is 0 Å². The van der Waals surface area contributed by atoms with Crippen molar-refractivity contribution in [1.29, 1.82) is 0 Å². The number of hydrogen-bond donors (Lipinski definition) is 1. The summed E-state index contributed by atoms with van der Waals surface area (Å²) in [4.78, 5) is 24.4. The van der Waals surface area contributed by atoms with Gasteiger partial charge in [-0.3, -0.25) is 9.59 Å². The number of carbonyl (C=O) groups excluding carboxylic acids is 1. The molecule has 0 aromatic heterocycles. The SMILES string of the molecule is COc1ccc(Br)c(N2CCC(C(=O)O)C2=O)c1. The lowest BCUT2D eigenvalue weighted by atomic mass is 10.1. The lowest BCUT2D eigenvalue weighted by Crippen LogP contribution is -2.30. The minimum atomic E-state index is -1.07. The van der Waals surface area contributed by atoms with E-state index in [0.29, 0.717) is 24.4 Å². The predicted octanol–water partition coefficient (Wildman–Crippen LogP) is 1.90. The lowest BCUT2D eigenvalue weighted by Gasteiger charge is -2.18. The molecule has 1 atom stereocenters. The Morgan fingerprint density at radius 1 is 1.56 bits per heavy atom. The molecule has 1 aromatic carbocycles. The second-order valence-electron chi connectivity index (χ2n) is 3.99. The molecule has 2 rings (SSSR count). The Bertz CT molecular complexity index is 503. The van der Waals surface area contributed by atoms with Crippen LogP contribution in [0.4, 0.5) is 5.69 Å². The first kappa shape index (κ1) is 12.9. The highest BCUT2D eigenvalue weighted by atomic mass is 79.9. The molecule has 5 nitrogen and oxygen atoms in total. The van der Waals surface area contributed by atoms with Crippen molar-refractivity contribution in [2.75, 3.05) is 18.6 Å². The average Bonchev–Trinajstić information content (AvgIpc) is 2.72. The average molecular weight is 314 g/mol. The van der Waals surface area contributed by atoms with Crippen LogP contribution in [0.3, 0.4) is 0 Å². The van der Waals surface area contributed by atoms with E-state index in [1.54, 1.807) is 25.3 Å². The number of anilines is 1. The number of benzene rings is 1. The van der Waals surface area contributed by atoms with E-state index >= 15 is 0 Å². The van der Waals surface area contributed by atoms with Crippen molar-refractivity contribution in [3.05, 3.63) is 22.7 Å². The maximum absolute atomic E-state index is 12.0. The minimum Gasteiger partial charge on any atom is -0.497 e. The summed E-state index contributed by atoms with van der Waals surface area (Å²) in [6.45, 7) is 0.404. The smallest absolute Gasteiger partial charge is 0.316 e. The maximum atomic E-state index is 12.0. The summed E-state index contributed by atoms with van der Waals surface area (Å²) in [5.41, 5.74) is 0.642. The number of rotatable bonds is 3. The summed E-state index contributed by atoms with van der Waals surface area (Å²) in [6.07, 6.45) is 0.331. The molecular formula is C12H12BrNO4. The second kappa shape index (κ2) is 4.97. The predicted molar refractivity (Wildman–Crippen MR) is 68.8 cm³/mol. The molecule has 1 amide bonds. The monoisotopic (exact) mass is 313 g/mol. The molecule has 1 saturated heterocycles. The molecule has 1 N–H and O–H groups in total. The van der Waals surface area contributed by atoms with E-state index in [2.05, 4.69) is 15.9 Å². The molecule has 0 aliphatic carbocycles. The standard InChI is InChI=1S/C12H12BrNO4/c1-18-7-2-3-9(13)10(6-7)14-5-4-8(11(14)15)12(16)17/h2-3,6,8H,4-5H2,1H3,(H,16,17). The van der Waals surface area contributed by atoms with E-state index in [1.165, 1.54) is 4.90 Å². The van der Waals surface area contributed by atoms with Crippen LogP contribution in [0.25, 0.3) is 0 Å². The molecule has 96 valence electrons. The van der Waals surface area contributed by atoms with Gasteiger partial charge in [-0.15, -0.1) is 0 Å². The highest BCUT2D eigenvalue weighted by Gasteiger charge is 2.38. The van der Waals surface area contributed by atoms with Crippen molar-refractivity contribution in [3.63, 3.8) is 0 Å². The Kier molecular flexibility index (Phi) is 3.56. The van der Waals surface area contributed by atoms with Gasteiger partial charge >= 0.3 is 5.97 Å². The van der Waals surface area contributed by atoms with Gasteiger partial charge in [0, 0.05) is 17.1 Å². The summed E-state index contributed by atoms with van der Waals surface area (Å²) in [7, 11) is 1.54. The van der Waals surface area contributed by atoms with Gasteiger partial charge in [0.05, 0.1) is 12.8 Å². The van der Waals surface area contributed by atoms with Gasteiger partial charge in [0.1, 0.15) is 11.7 Å². The van der Waals surface area contributed by atoms with Crippen LogP contribution in [0.1, 0.15) is 6.42 Å². The van der Waals surface area contributed by atoms with Crippen molar-refractivity contribution in [2.24, 2.45) is 5.92 Å². The quantitative estimate of drug-likeness (QED) is 0.865. The Hall–Kier alpha value is -1.56. The first-order chi connectivity index (χ1) is 8.54. The summed E-state index contributed by atoms with van der Waals surface area (Å²) < 4.78 is 5.84. The van der Waals surface area contributed by atoms with Crippen LogP contribution in [0.5, 0.6) is 5.75 Å². The fourth-order valence-corrected chi connectivity index (χ4v) is 2.44. The van der Waals surface area contributed by atoms with Gasteiger partial charge < -0.3 is 14.7 Å². The van der Waals surface area contributed by atoms with E-state index in [1.807, 2.05) is 0 Å². The molecular weight excluding hydrogens is 302 g/mol. The normalized spacial score (nSPS) is 19.1. The number of nitrogens with zero attached hydrogens (tertiary/aromatic N) is 1. The van der Waals surface area contributed by atoms with Gasteiger partial charge in [-0.1, -0.05) is 0 Å². The van der Waals surface area contributed by atoms with Crippen LogP contribution in [0.2, 0.25) is 0 Å². The van der Waals surface area contributed by atoms with Crippen LogP contribution in [0, 0.1) is 5.92 Å². The zero-order valence-corrected chi connectivity index (χ0v) is 11.3. The minimum absolute atomic E-state index is 0.331. The fraction of sp³-hybridized carbons (Fsp3) is 0.333. The third-order valence-corrected chi connectivity index (χ3v) is 3.62. The zero-order valence-electron chi connectivity index (χ0n) is 9.72. The number of carboxylic acids is 1. The van der Waals surface area contributed by atoms with Crippen molar-refractivity contribution < 1.29 is 19.4 Å². The molecule has 1 fully saturated rings. The molecule has 1 heterocycles. The van der Waals surface area contributed by atoms with Gasteiger partial charge in [0.2, 0.25) is 5.91 Å². The molecule has 0 bridgehead atoms. The van der Waals surface area contributed by atoms with E-state index in [-0.39, 0.29) is 5.91 Å². The van der Waals surface area contributed by atoms with E-state index in [0.717, 1.165) is 4.47 Å². The van der Waals surface area contributed by atoms with Gasteiger partial charge in [0.25, 0.3) is 0 Å². The molecule has 1 aliphatic rings. The third-order valence-electron chi connectivity index (χ3n) is 2.95. The summed E-state index contributed by atoms with van der Waals surface area (Å²) in [5, 5.41) is 8.93. The summed E-state index contributed by atoms with van der Waals surface area (Å²) in [6, 6.07) is 5.25. The third kappa shape index (κ3) is 2.20. The molecule has 0 radical (unpaired) electrons. The van der Waals surface area contributed by atoms with Gasteiger partial charge in [-0.25, -0.2) is 0 Å². The number of aliphatic carboxylic acids is 1. The van der Waals surface area contributed by atoms with Crippen LogP contribution in [-0.4, -0.2) is 30.6 Å². The molecule has 0 spiro atoms. The number of hydrogen-bond acceptors (Lipinski definition) is 3. The first-order valence-electron chi connectivity index (χ1n) is 5.42. The van der Waals surface area contributed by atoms with Crippen molar-refractivity contribution in [1.82, 2.24) is 0 Å². The van der Waals surface area contributed by atoms with E-state index in [4.69, 9.17) is 9.84 Å². The maximum Gasteiger partial charge on any atom is 0.316 e. The molecule has 18 heavy (non-hydrogen) atoms. The Morgan fingerprint density at radius 2 is 2.28 bits per heavy atom. The largest absolute Gasteiger partial charge is 0.497 e. The lowest BCUT2D eigenvalue weighted by molar-refractivity contribution is -0.144. The molecule has 1 aliphatic heterocycles. The zero-order chi connectivity index (χ0) is 13.3. The summed E-state index contributed by atoms with van der Waals surface area (Å²) in [5.74, 6) is -1.76. The first-order valence-corrected chi connectivity index (χ1v) is 6.21. The molecule has 0 saturated carbocycles. The highest BCUT2D eigenvalue weighted by molar-refractivity contribution is 9.10. The Balaban J connectivity index is 2.33. The number of carbonyl (C=O) groups is 2. The molecule has 1 unspecified atom stereocenters. The Labute approximate surface area is 112 Å².